The van der Waals surface area contributed by atoms with Crippen LogP contribution in [-0.2, 0) is 6.54 Å². The lowest BCUT2D eigenvalue weighted by Crippen LogP contribution is -2.30. The molecular formula is C12H15N5OS. The number of carbonyl (C=O) groups is 1. The third-order valence-corrected chi connectivity index (χ3v) is 3.46. The van der Waals surface area contributed by atoms with Crippen molar-refractivity contribution in [2.45, 2.75) is 18.4 Å². The van der Waals surface area contributed by atoms with E-state index in [-0.39, 0.29) is 5.69 Å². The monoisotopic (exact) mass is 277 g/mol. The van der Waals surface area contributed by atoms with Gasteiger partial charge in [-0.1, -0.05) is 22.9 Å². The van der Waals surface area contributed by atoms with Crippen LogP contribution in [0.3, 0.4) is 0 Å². The number of nitrogen functional groups attached to an aromatic ring is 1. The Morgan fingerprint density at radius 1 is 1.53 bits per heavy atom. The van der Waals surface area contributed by atoms with Crippen molar-refractivity contribution in [2.24, 2.45) is 5.84 Å². The van der Waals surface area contributed by atoms with Crippen molar-refractivity contribution in [2.75, 3.05) is 5.75 Å². The van der Waals surface area contributed by atoms with Crippen LogP contribution in [0.15, 0.2) is 35.4 Å². The Labute approximate surface area is 115 Å². The van der Waals surface area contributed by atoms with E-state index < -0.39 is 5.91 Å². The molecule has 0 fully saturated rings. The number of nitrogens with zero attached hydrogens (tertiary/aromatic N) is 3. The van der Waals surface area contributed by atoms with Crippen molar-refractivity contribution >= 4 is 17.7 Å². The van der Waals surface area contributed by atoms with Crippen LogP contribution in [-0.4, -0.2) is 26.7 Å². The van der Waals surface area contributed by atoms with Gasteiger partial charge >= 0.3 is 0 Å². The molecule has 0 saturated heterocycles. The van der Waals surface area contributed by atoms with E-state index in [1.54, 1.807) is 22.6 Å². The standard InChI is InChI=1S/C12H15N5OS/c1-9-3-2-4-10(7-9)19-6-5-17-8-11(15-16-17)12(18)14-13/h2-4,7-8H,5-6,13H2,1H3,(H,14,18). The second kappa shape index (κ2) is 6.35. The van der Waals surface area contributed by atoms with E-state index in [1.165, 1.54) is 10.5 Å². The number of aryl methyl sites for hydroxylation is 2. The van der Waals surface area contributed by atoms with Gasteiger partial charge < -0.3 is 0 Å². The lowest BCUT2D eigenvalue weighted by atomic mass is 10.2. The van der Waals surface area contributed by atoms with Crippen molar-refractivity contribution < 1.29 is 4.79 Å². The zero-order valence-corrected chi connectivity index (χ0v) is 11.4. The number of benzene rings is 1. The normalized spacial score (nSPS) is 10.4. The predicted octanol–water partition coefficient (Wildman–Crippen LogP) is 0.982. The molecule has 0 atom stereocenters. The molecule has 100 valence electrons. The van der Waals surface area contributed by atoms with Gasteiger partial charge in [0.2, 0.25) is 0 Å². The van der Waals surface area contributed by atoms with Crippen LogP contribution in [0.5, 0.6) is 0 Å². The molecule has 0 unspecified atom stereocenters. The molecule has 0 saturated carbocycles. The van der Waals surface area contributed by atoms with Gasteiger partial charge in [0.1, 0.15) is 0 Å². The number of rotatable bonds is 5. The summed E-state index contributed by atoms with van der Waals surface area (Å²) in [7, 11) is 0. The van der Waals surface area contributed by atoms with Gasteiger partial charge in [-0.15, -0.1) is 16.9 Å². The summed E-state index contributed by atoms with van der Waals surface area (Å²) >= 11 is 1.74. The molecule has 1 heterocycles. The van der Waals surface area contributed by atoms with Gasteiger partial charge in [0.15, 0.2) is 5.69 Å². The van der Waals surface area contributed by atoms with E-state index in [4.69, 9.17) is 5.84 Å². The summed E-state index contributed by atoms with van der Waals surface area (Å²) in [5, 5.41) is 7.61. The molecule has 0 radical (unpaired) electrons. The molecule has 0 aliphatic heterocycles. The number of carbonyl (C=O) groups excluding carboxylic acids is 1. The lowest BCUT2D eigenvalue weighted by Gasteiger charge is -2.02. The molecule has 0 bridgehead atoms. The van der Waals surface area contributed by atoms with Gasteiger partial charge in [0, 0.05) is 10.6 Å². The fourth-order valence-corrected chi connectivity index (χ4v) is 2.51. The van der Waals surface area contributed by atoms with Crippen LogP contribution in [0.1, 0.15) is 16.1 Å². The third-order valence-electron chi connectivity index (χ3n) is 2.48. The molecule has 3 N–H and O–H groups in total. The maximum Gasteiger partial charge on any atom is 0.287 e. The Morgan fingerprint density at radius 2 is 2.37 bits per heavy atom. The smallest absolute Gasteiger partial charge is 0.287 e. The Kier molecular flexibility index (Phi) is 4.53. The predicted molar refractivity (Wildman–Crippen MR) is 73.6 cm³/mol. The highest BCUT2D eigenvalue weighted by Crippen LogP contribution is 2.18. The minimum Gasteiger partial charge on any atom is -0.289 e. The molecule has 2 rings (SSSR count). The summed E-state index contributed by atoms with van der Waals surface area (Å²) in [6.45, 7) is 2.75. The summed E-state index contributed by atoms with van der Waals surface area (Å²) in [5.74, 6) is 5.45. The van der Waals surface area contributed by atoms with Crippen LogP contribution in [0.25, 0.3) is 0 Å². The minimum absolute atomic E-state index is 0.225. The summed E-state index contributed by atoms with van der Waals surface area (Å²) in [4.78, 5) is 12.4. The molecule has 7 heteroatoms. The minimum atomic E-state index is -0.433. The number of thioether (sulfide) groups is 1. The quantitative estimate of drug-likeness (QED) is 0.368. The number of aromatic nitrogens is 3. The van der Waals surface area contributed by atoms with Crippen molar-refractivity contribution in [3.05, 3.63) is 41.7 Å². The first-order valence-corrected chi connectivity index (χ1v) is 6.78. The zero-order chi connectivity index (χ0) is 13.7. The SMILES string of the molecule is Cc1cccc(SCCn2cc(C(=O)NN)nn2)c1. The first-order chi connectivity index (χ1) is 9.19. The van der Waals surface area contributed by atoms with Crippen LogP contribution in [0.2, 0.25) is 0 Å². The van der Waals surface area contributed by atoms with Gasteiger partial charge in [0.05, 0.1) is 12.7 Å². The van der Waals surface area contributed by atoms with E-state index in [0.717, 1.165) is 5.75 Å². The van der Waals surface area contributed by atoms with Crippen LogP contribution in [0, 0.1) is 6.92 Å². The zero-order valence-electron chi connectivity index (χ0n) is 10.5. The average molecular weight is 277 g/mol. The molecule has 1 aromatic heterocycles. The summed E-state index contributed by atoms with van der Waals surface area (Å²) in [6, 6.07) is 8.32. The van der Waals surface area contributed by atoms with E-state index in [2.05, 4.69) is 35.4 Å². The molecule has 0 aliphatic rings. The number of nitrogens with two attached hydrogens (primary N) is 1. The largest absolute Gasteiger partial charge is 0.289 e. The molecular weight excluding hydrogens is 262 g/mol. The molecule has 6 nitrogen and oxygen atoms in total. The maximum absolute atomic E-state index is 11.2. The average Bonchev–Trinajstić information content (AvgIpc) is 2.87. The third kappa shape index (κ3) is 3.80. The highest BCUT2D eigenvalue weighted by molar-refractivity contribution is 7.99. The first kappa shape index (κ1) is 13.6. The second-order valence-corrected chi connectivity index (χ2v) is 5.17. The van der Waals surface area contributed by atoms with Crippen molar-refractivity contribution in [1.82, 2.24) is 20.4 Å². The molecule has 19 heavy (non-hydrogen) atoms. The Hall–Kier alpha value is -1.86. The van der Waals surface area contributed by atoms with Crippen LogP contribution >= 0.6 is 11.8 Å². The lowest BCUT2D eigenvalue weighted by molar-refractivity contribution is 0.0948. The van der Waals surface area contributed by atoms with E-state index in [0.29, 0.717) is 6.54 Å². The molecule has 2 aromatic rings. The number of hydrogen-bond donors (Lipinski definition) is 2. The van der Waals surface area contributed by atoms with E-state index in [9.17, 15) is 4.79 Å². The van der Waals surface area contributed by atoms with Gasteiger partial charge in [-0.25, -0.2) is 5.84 Å². The molecule has 1 aromatic carbocycles. The van der Waals surface area contributed by atoms with Gasteiger partial charge in [-0.2, -0.15) is 0 Å². The molecule has 1 amide bonds. The Bertz CT molecular complexity index is 569. The number of hydrazine groups is 1. The van der Waals surface area contributed by atoms with Crippen LogP contribution in [0.4, 0.5) is 0 Å². The van der Waals surface area contributed by atoms with Crippen LogP contribution < -0.4 is 11.3 Å². The van der Waals surface area contributed by atoms with Crippen molar-refractivity contribution in [3.63, 3.8) is 0 Å². The summed E-state index contributed by atoms with van der Waals surface area (Å²) < 4.78 is 1.63. The summed E-state index contributed by atoms with van der Waals surface area (Å²) in [6.07, 6.45) is 1.58. The second-order valence-electron chi connectivity index (χ2n) is 4.01. The summed E-state index contributed by atoms with van der Waals surface area (Å²) in [5.41, 5.74) is 3.49. The number of amides is 1. The van der Waals surface area contributed by atoms with Gasteiger partial charge in [-0.05, 0) is 19.1 Å². The van der Waals surface area contributed by atoms with E-state index in [1.807, 2.05) is 11.5 Å². The van der Waals surface area contributed by atoms with Crippen molar-refractivity contribution in [3.8, 4) is 0 Å². The Morgan fingerprint density at radius 3 is 3.11 bits per heavy atom. The fourth-order valence-electron chi connectivity index (χ4n) is 1.55. The highest BCUT2D eigenvalue weighted by Gasteiger charge is 2.08. The molecule has 0 aliphatic carbocycles. The fraction of sp³-hybridized carbons (Fsp3) is 0.250. The topological polar surface area (TPSA) is 85.8 Å². The first-order valence-electron chi connectivity index (χ1n) is 5.79. The van der Waals surface area contributed by atoms with Gasteiger partial charge in [-0.3, -0.25) is 14.9 Å². The molecule has 0 spiro atoms. The Balaban J connectivity index is 1.86. The van der Waals surface area contributed by atoms with Crippen molar-refractivity contribution in [1.29, 1.82) is 0 Å². The maximum atomic E-state index is 11.2. The van der Waals surface area contributed by atoms with Gasteiger partial charge in [0.25, 0.3) is 5.91 Å². The number of nitrogens with one attached hydrogen (secondary N) is 1. The van der Waals surface area contributed by atoms with E-state index >= 15 is 0 Å². The number of hydrogen-bond acceptors (Lipinski definition) is 5. The highest BCUT2D eigenvalue weighted by atomic mass is 32.2.